The highest BCUT2D eigenvalue weighted by molar-refractivity contribution is 5.92. The number of hydrogen-bond acceptors (Lipinski definition) is 7. The fourth-order valence-corrected chi connectivity index (χ4v) is 3.75. The van der Waals surface area contributed by atoms with Gasteiger partial charge in [-0.1, -0.05) is 44.4 Å². The number of aliphatic hydroxyl groups excluding tert-OH is 1. The Hall–Kier alpha value is -3.75. The number of aromatic nitrogens is 1. The van der Waals surface area contributed by atoms with Gasteiger partial charge >= 0.3 is 11.9 Å². The average Bonchev–Trinajstić information content (AvgIpc) is 3.83. The van der Waals surface area contributed by atoms with Crippen molar-refractivity contribution in [1.29, 1.82) is 0 Å². The molecule has 1 atom stereocenters. The normalized spacial score (nSPS) is 13.2. The first-order chi connectivity index (χ1) is 19.0. The van der Waals surface area contributed by atoms with E-state index >= 15 is 0 Å². The molecule has 1 fully saturated rings. The Kier molecular flexibility index (Phi) is 10.8. The van der Waals surface area contributed by atoms with Gasteiger partial charge in [0.05, 0.1) is 25.2 Å². The van der Waals surface area contributed by atoms with Gasteiger partial charge in [0.1, 0.15) is 5.75 Å². The number of hydrogen-bond donors (Lipinski definition) is 2. The number of carbonyl (C=O) groups is 2. The molecule has 214 valence electrons. The molecule has 0 spiro atoms. The van der Waals surface area contributed by atoms with E-state index in [0.717, 1.165) is 22.3 Å². The minimum atomic E-state index is -0.879. The number of carbonyl (C=O) groups excluding carboxylic acids is 1. The minimum Gasteiger partial charge on any atom is -0.481 e. The first-order valence-corrected chi connectivity index (χ1v) is 13.5. The van der Waals surface area contributed by atoms with Crippen LogP contribution in [0.3, 0.4) is 0 Å². The van der Waals surface area contributed by atoms with Crippen molar-refractivity contribution in [3.8, 4) is 22.8 Å². The number of methoxy groups -OCH3 is 1. The van der Waals surface area contributed by atoms with Gasteiger partial charge in [0.15, 0.2) is 0 Å². The van der Waals surface area contributed by atoms with Crippen LogP contribution in [0.15, 0.2) is 60.8 Å². The van der Waals surface area contributed by atoms with Crippen LogP contribution < -0.4 is 9.47 Å². The van der Waals surface area contributed by atoms with E-state index in [9.17, 15) is 19.8 Å². The number of likely N-dealkylation sites (N-methyl/N-ethyl adjacent to an activating group) is 1. The van der Waals surface area contributed by atoms with Gasteiger partial charge in [-0.15, -0.1) is 0 Å². The highest BCUT2D eigenvalue weighted by Crippen LogP contribution is 2.30. The van der Waals surface area contributed by atoms with Gasteiger partial charge in [0, 0.05) is 24.3 Å². The highest BCUT2D eigenvalue weighted by Gasteiger charge is 2.24. The fourth-order valence-electron chi connectivity index (χ4n) is 3.75. The second-order valence-corrected chi connectivity index (χ2v) is 10.8. The standard InChI is InChI=1S/C29H34N2O6.C3H6/c1-19(27(33)34)13-20-7-6-8-24(14-20)37-28(35)22-9-10-25(21-11-12-30-26(16-21)36-5)23(15-22)17-31(4)29(2,3)18-32;1-2-3-1/h6-12,14-16,19,32H,13,17-18H2,1-5H3,(H,33,34);1-3H2. The fraction of sp³-hybridized carbons (Fsp3) is 0.406. The molecule has 0 aliphatic heterocycles. The summed E-state index contributed by atoms with van der Waals surface area (Å²) in [5, 5.41) is 19.0. The Morgan fingerprint density at radius 3 is 2.42 bits per heavy atom. The van der Waals surface area contributed by atoms with E-state index in [-0.39, 0.29) is 6.61 Å². The first kappa shape index (κ1) is 30.8. The summed E-state index contributed by atoms with van der Waals surface area (Å²) in [6.07, 6.45) is 6.50. The van der Waals surface area contributed by atoms with Crippen LogP contribution in [0.5, 0.6) is 11.6 Å². The monoisotopic (exact) mass is 548 g/mol. The molecule has 0 bridgehead atoms. The van der Waals surface area contributed by atoms with E-state index < -0.39 is 23.4 Å². The summed E-state index contributed by atoms with van der Waals surface area (Å²) >= 11 is 0. The van der Waals surface area contributed by atoms with Crippen LogP contribution in [0.1, 0.15) is 61.5 Å². The molecule has 0 amide bonds. The molecular weight excluding hydrogens is 508 g/mol. The molecule has 2 aromatic carbocycles. The van der Waals surface area contributed by atoms with Gasteiger partial charge in [-0.2, -0.15) is 0 Å². The maximum absolute atomic E-state index is 13.1. The molecule has 1 heterocycles. The second kappa shape index (κ2) is 14.1. The van der Waals surface area contributed by atoms with Gasteiger partial charge in [0.2, 0.25) is 5.88 Å². The lowest BCUT2D eigenvalue weighted by Gasteiger charge is -2.34. The molecule has 1 aliphatic rings. The third kappa shape index (κ3) is 8.89. The Labute approximate surface area is 236 Å². The summed E-state index contributed by atoms with van der Waals surface area (Å²) in [6.45, 7) is 5.96. The molecule has 4 rings (SSSR count). The summed E-state index contributed by atoms with van der Waals surface area (Å²) in [7, 11) is 3.47. The third-order valence-corrected chi connectivity index (χ3v) is 6.85. The minimum absolute atomic E-state index is 0.0273. The van der Waals surface area contributed by atoms with Gasteiger partial charge in [-0.05, 0) is 79.9 Å². The predicted molar refractivity (Wildman–Crippen MR) is 155 cm³/mol. The Bertz CT molecular complexity index is 1300. The second-order valence-electron chi connectivity index (χ2n) is 10.8. The lowest BCUT2D eigenvalue weighted by Crippen LogP contribution is -2.43. The molecule has 0 saturated heterocycles. The van der Waals surface area contributed by atoms with Crippen molar-refractivity contribution < 1.29 is 29.3 Å². The molecule has 3 aromatic rings. The van der Waals surface area contributed by atoms with Crippen molar-refractivity contribution in [2.45, 2.75) is 58.5 Å². The number of benzene rings is 2. The van der Waals surface area contributed by atoms with Gasteiger partial charge in [-0.25, -0.2) is 9.78 Å². The summed E-state index contributed by atoms with van der Waals surface area (Å²) < 4.78 is 10.9. The molecule has 8 heteroatoms. The number of carboxylic acids is 1. The van der Waals surface area contributed by atoms with Crippen molar-refractivity contribution in [3.05, 3.63) is 77.5 Å². The van der Waals surface area contributed by atoms with Crippen LogP contribution in [0.2, 0.25) is 0 Å². The molecule has 1 aromatic heterocycles. The van der Waals surface area contributed by atoms with Crippen molar-refractivity contribution in [2.24, 2.45) is 5.92 Å². The van der Waals surface area contributed by atoms with E-state index in [1.54, 1.807) is 50.6 Å². The molecule has 1 unspecified atom stereocenters. The van der Waals surface area contributed by atoms with E-state index in [1.807, 2.05) is 50.1 Å². The van der Waals surface area contributed by atoms with Gasteiger partial charge in [0.25, 0.3) is 0 Å². The molecule has 1 aliphatic carbocycles. The van der Waals surface area contributed by atoms with E-state index in [4.69, 9.17) is 9.47 Å². The van der Waals surface area contributed by atoms with Crippen LogP contribution in [-0.2, 0) is 17.8 Å². The number of pyridine rings is 1. The van der Waals surface area contributed by atoms with E-state index in [2.05, 4.69) is 4.98 Å². The first-order valence-electron chi connectivity index (χ1n) is 13.5. The summed E-state index contributed by atoms with van der Waals surface area (Å²) in [5.41, 5.74) is 3.34. The topological polar surface area (TPSA) is 109 Å². The van der Waals surface area contributed by atoms with Crippen molar-refractivity contribution >= 4 is 11.9 Å². The number of aliphatic carboxylic acids is 1. The lowest BCUT2D eigenvalue weighted by molar-refractivity contribution is -0.141. The number of ether oxygens (including phenoxy) is 2. The molecule has 0 radical (unpaired) electrons. The lowest BCUT2D eigenvalue weighted by atomic mass is 9.96. The van der Waals surface area contributed by atoms with Crippen LogP contribution in [0.4, 0.5) is 0 Å². The Morgan fingerprint density at radius 2 is 1.80 bits per heavy atom. The highest BCUT2D eigenvalue weighted by atomic mass is 16.5. The predicted octanol–water partition coefficient (Wildman–Crippen LogP) is 5.61. The summed E-state index contributed by atoms with van der Waals surface area (Å²) in [6, 6.07) is 16.0. The third-order valence-electron chi connectivity index (χ3n) is 6.85. The number of aliphatic hydroxyl groups is 1. The quantitative estimate of drug-likeness (QED) is 0.235. The van der Waals surface area contributed by atoms with E-state index in [0.29, 0.717) is 30.2 Å². The molecule has 40 heavy (non-hydrogen) atoms. The summed E-state index contributed by atoms with van der Waals surface area (Å²) in [5.74, 6) is -1.12. The smallest absolute Gasteiger partial charge is 0.343 e. The number of rotatable bonds is 11. The van der Waals surface area contributed by atoms with Crippen LogP contribution in [0.25, 0.3) is 11.1 Å². The zero-order valence-electron chi connectivity index (χ0n) is 24.0. The maximum atomic E-state index is 13.1. The Balaban J connectivity index is 0.00000137. The van der Waals surface area contributed by atoms with Crippen LogP contribution in [0, 0.1) is 5.92 Å². The number of nitrogens with zero attached hydrogens (tertiary/aromatic N) is 2. The van der Waals surface area contributed by atoms with Gasteiger partial charge in [-0.3, -0.25) is 9.69 Å². The van der Waals surface area contributed by atoms with Gasteiger partial charge < -0.3 is 19.7 Å². The molecule has 8 nitrogen and oxygen atoms in total. The van der Waals surface area contributed by atoms with Crippen LogP contribution >= 0.6 is 0 Å². The van der Waals surface area contributed by atoms with E-state index in [1.165, 1.54) is 19.3 Å². The maximum Gasteiger partial charge on any atom is 0.343 e. The Morgan fingerprint density at radius 1 is 1.07 bits per heavy atom. The molecule has 1 saturated carbocycles. The molecular formula is C32H40N2O6. The van der Waals surface area contributed by atoms with Crippen LogP contribution in [-0.4, -0.2) is 58.3 Å². The van der Waals surface area contributed by atoms with Crippen molar-refractivity contribution in [3.63, 3.8) is 0 Å². The number of carboxylic acid groups (broad SMARTS) is 1. The zero-order chi connectivity index (χ0) is 29.3. The average molecular weight is 549 g/mol. The van der Waals surface area contributed by atoms with Crippen molar-refractivity contribution in [2.75, 3.05) is 20.8 Å². The number of esters is 1. The SMILES string of the molecule is C1CC1.COc1cc(-c2ccc(C(=O)Oc3cccc(CC(C)C(=O)O)c3)cc2CN(C)C(C)(C)CO)ccn1. The molecule has 2 N–H and O–H groups in total. The zero-order valence-corrected chi connectivity index (χ0v) is 24.0. The summed E-state index contributed by atoms with van der Waals surface area (Å²) in [4.78, 5) is 30.5. The van der Waals surface area contributed by atoms with Crippen molar-refractivity contribution in [1.82, 2.24) is 9.88 Å². The largest absolute Gasteiger partial charge is 0.481 e.